The normalized spacial score (nSPS) is 21.5. The molecule has 1 aliphatic rings. The van der Waals surface area contributed by atoms with Crippen LogP contribution in [0.1, 0.15) is 34.8 Å². The Labute approximate surface area is 119 Å². The average molecular weight is 268 g/mol. The third-order valence-electron chi connectivity index (χ3n) is 4.31. The third-order valence-corrected chi connectivity index (χ3v) is 4.31. The average Bonchev–Trinajstić information content (AvgIpc) is 2.51. The predicted octanol–water partition coefficient (Wildman–Crippen LogP) is 3.02. The quantitative estimate of drug-likeness (QED) is 0.898. The minimum Gasteiger partial charge on any atom is -0.392 e. The van der Waals surface area contributed by atoms with Crippen LogP contribution in [0.2, 0.25) is 0 Å². The van der Waals surface area contributed by atoms with Gasteiger partial charge in [0.1, 0.15) is 0 Å². The molecule has 20 heavy (non-hydrogen) atoms. The molecule has 0 spiro atoms. The van der Waals surface area contributed by atoms with Crippen LogP contribution in [0.15, 0.2) is 48.5 Å². The van der Waals surface area contributed by atoms with Crippen molar-refractivity contribution in [1.29, 1.82) is 0 Å². The Kier molecular flexibility index (Phi) is 3.86. The Morgan fingerprint density at radius 3 is 2.40 bits per heavy atom. The number of aliphatic hydroxyl groups excluding tert-OH is 2. The smallest absolute Gasteiger partial charge is 0.0824 e. The van der Waals surface area contributed by atoms with Crippen LogP contribution in [-0.2, 0) is 19.4 Å². The minimum absolute atomic E-state index is 0.0830. The molecule has 2 unspecified atom stereocenters. The van der Waals surface area contributed by atoms with Crippen molar-refractivity contribution in [2.45, 2.75) is 32.0 Å². The highest BCUT2D eigenvalue weighted by Gasteiger charge is 2.27. The Balaban J connectivity index is 1.75. The van der Waals surface area contributed by atoms with E-state index in [1.807, 2.05) is 30.3 Å². The van der Waals surface area contributed by atoms with E-state index in [2.05, 4.69) is 18.2 Å². The number of rotatable bonds is 3. The first-order valence-corrected chi connectivity index (χ1v) is 7.22. The van der Waals surface area contributed by atoms with E-state index in [1.54, 1.807) is 0 Å². The summed E-state index contributed by atoms with van der Waals surface area (Å²) >= 11 is 0. The SMILES string of the molecule is OCc1ccc(CC2CCc3ccccc3C2O)cc1. The highest BCUT2D eigenvalue weighted by atomic mass is 16.3. The summed E-state index contributed by atoms with van der Waals surface area (Å²) in [5.74, 6) is 0.282. The van der Waals surface area contributed by atoms with Gasteiger partial charge in [-0.2, -0.15) is 0 Å². The second kappa shape index (κ2) is 5.78. The van der Waals surface area contributed by atoms with E-state index in [9.17, 15) is 5.11 Å². The predicted molar refractivity (Wildman–Crippen MR) is 79.3 cm³/mol. The van der Waals surface area contributed by atoms with Gasteiger partial charge in [-0.15, -0.1) is 0 Å². The number of fused-ring (bicyclic) bond motifs is 1. The molecule has 1 aliphatic carbocycles. The summed E-state index contributed by atoms with van der Waals surface area (Å²) in [4.78, 5) is 0. The Bertz CT molecular complexity index is 574. The summed E-state index contributed by atoms with van der Waals surface area (Å²) in [6.07, 6.45) is 2.60. The lowest BCUT2D eigenvalue weighted by Gasteiger charge is -2.30. The maximum atomic E-state index is 10.5. The first-order chi connectivity index (χ1) is 9.78. The van der Waals surface area contributed by atoms with Crippen LogP contribution in [0, 0.1) is 5.92 Å². The van der Waals surface area contributed by atoms with Crippen LogP contribution in [0.3, 0.4) is 0 Å². The molecule has 104 valence electrons. The van der Waals surface area contributed by atoms with Crippen molar-refractivity contribution in [2.24, 2.45) is 5.92 Å². The van der Waals surface area contributed by atoms with Gasteiger partial charge in [-0.05, 0) is 47.4 Å². The zero-order valence-corrected chi connectivity index (χ0v) is 11.5. The van der Waals surface area contributed by atoms with Crippen LogP contribution in [0.5, 0.6) is 0 Å². The van der Waals surface area contributed by atoms with E-state index in [-0.39, 0.29) is 18.6 Å². The van der Waals surface area contributed by atoms with E-state index >= 15 is 0 Å². The van der Waals surface area contributed by atoms with Crippen LogP contribution in [0.4, 0.5) is 0 Å². The molecule has 0 heterocycles. The molecule has 0 fully saturated rings. The lowest BCUT2D eigenvalue weighted by molar-refractivity contribution is 0.0936. The molecule has 0 aliphatic heterocycles. The molecule has 2 N–H and O–H groups in total. The number of benzene rings is 2. The first-order valence-electron chi connectivity index (χ1n) is 7.22. The summed E-state index contributed by atoms with van der Waals surface area (Å²) in [6.45, 7) is 0.0830. The van der Waals surface area contributed by atoms with Crippen LogP contribution >= 0.6 is 0 Å². The zero-order chi connectivity index (χ0) is 13.9. The molecule has 0 radical (unpaired) electrons. The molecule has 3 rings (SSSR count). The summed E-state index contributed by atoms with van der Waals surface area (Å²) < 4.78 is 0. The van der Waals surface area contributed by atoms with Gasteiger partial charge in [0.15, 0.2) is 0 Å². The van der Waals surface area contributed by atoms with Crippen molar-refractivity contribution < 1.29 is 10.2 Å². The fourth-order valence-electron chi connectivity index (χ4n) is 3.10. The lowest BCUT2D eigenvalue weighted by atomic mass is 9.78. The minimum atomic E-state index is -0.363. The summed E-state index contributed by atoms with van der Waals surface area (Å²) in [5.41, 5.74) is 4.54. The molecule has 0 saturated heterocycles. The van der Waals surface area contributed by atoms with Crippen molar-refractivity contribution in [2.75, 3.05) is 0 Å². The number of hydrogen-bond acceptors (Lipinski definition) is 2. The van der Waals surface area contributed by atoms with Crippen molar-refractivity contribution in [3.63, 3.8) is 0 Å². The topological polar surface area (TPSA) is 40.5 Å². The molecule has 0 amide bonds. The Morgan fingerprint density at radius 1 is 0.950 bits per heavy atom. The molecule has 2 nitrogen and oxygen atoms in total. The van der Waals surface area contributed by atoms with Crippen LogP contribution in [0.25, 0.3) is 0 Å². The van der Waals surface area contributed by atoms with Crippen molar-refractivity contribution in [1.82, 2.24) is 0 Å². The molecule has 2 aromatic rings. The van der Waals surface area contributed by atoms with Gasteiger partial charge >= 0.3 is 0 Å². The highest BCUT2D eigenvalue weighted by Crippen LogP contribution is 2.36. The largest absolute Gasteiger partial charge is 0.392 e. The fraction of sp³-hybridized carbons (Fsp3) is 0.333. The van der Waals surface area contributed by atoms with Gasteiger partial charge in [0.05, 0.1) is 12.7 Å². The fourth-order valence-corrected chi connectivity index (χ4v) is 3.10. The van der Waals surface area contributed by atoms with Gasteiger partial charge in [-0.1, -0.05) is 48.5 Å². The zero-order valence-electron chi connectivity index (χ0n) is 11.5. The highest BCUT2D eigenvalue weighted by molar-refractivity contribution is 5.32. The molecule has 0 saturated carbocycles. The van der Waals surface area contributed by atoms with Gasteiger partial charge in [0, 0.05) is 0 Å². The summed E-state index contributed by atoms with van der Waals surface area (Å²) in [5, 5.41) is 19.6. The van der Waals surface area contributed by atoms with Crippen LogP contribution in [-0.4, -0.2) is 10.2 Å². The number of aliphatic hydroxyl groups is 2. The van der Waals surface area contributed by atoms with E-state index in [0.29, 0.717) is 0 Å². The molecule has 0 aromatic heterocycles. The third kappa shape index (κ3) is 2.62. The molecular formula is C18H20O2. The van der Waals surface area contributed by atoms with Gasteiger partial charge in [0.25, 0.3) is 0 Å². The number of hydrogen-bond donors (Lipinski definition) is 2. The van der Waals surface area contributed by atoms with Gasteiger partial charge < -0.3 is 10.2 Å². The maximum absolute atomic E-state index is 10.5. The Hall–Kier alpha value is -1.64. The van der Waals surface area contributed by atoms with E-state index in [4.69, 9.17) is 5.11 Å². The monoisotopic (exact) mass is 268 g/mol. The second-order valence-electron chi connectivity index (χ2n) is 5.62. The first kappa shape index (κ1) is 13.3. The Morgan fingerprint density at radius 2 is 1.65 bits per heavy atom. The standard InChI is InChI=1S/C18H20O2/c19-12-14-7-5-13(6-8-14)11-16-10-9-15-3-1-2-4-17(15)18(16)20/h1-8,16,18-20H,9-12H2. The van der Waals surface area contributed by atoms with E-state index in [0.717, 1.165) is 30.4 Å². The lowest BCUT2D eigenvalue weighted by Crippen LogP contribution is -2.22. The molecule has 2 atom stereocenters. The molecule has 2 heteroatoms. The van der Waals surface area contributed by atoms with Crippen molar-refractivity contribution >= 4 is 0 Å². The van der Waals surface area contributed by atoms with Crippen molar-refractivity contribution in [3.8, 4) is 0 Å². The number of aryl methyl sites for hydroxylation is 1. The van der Waals surface area contributed by atoms with E-state index in [1.165, 1.54) is 11.1 Å². The summed E-state index contributed by atoms with van der Waals surface area (Å²) in [7, 11) is 0. The van der Waals surface area contributed by atoms with Gasteiger partial charge in [0.2, 0.25) is 0 Å². The van der Waals surface area contributed by atoms with Crippen LogP contribution < -0.4 is 0 Å². The van der Waals surface area contributed by atoms with Crippen molar-refractivity contribution in [3.05, 3.63) is 70.8 Å². The van der Waals surface area contributed by atoms with Gasteiger partial charge in [-0.3, -0.25) is 0 Å². The second-order valence-corrected chi connectivity index (χ2v) is 5.62. The molecule has 0 bridgehead atoms. The molecule has 2 aromatic carbocycles. The van der Waals surface area contributed by atoms with Gasteiger partial charge in [-0.25, -0.2) is 0 Å². The molecular weight excluding hydrogens is 248 g/mol. The summed E-state index contributed by atoms with van der Waals surface area (Å²) in [6, 6.07) is 16.2. The van der Waals surface area contributed by atoms with E-state index < -0.39 is 0 Å². The maximum Gasteiger partial charge on any atom is 0.0824 e.